The Morgan fingerprint density at radius 1 is 1.50 bits per heavy atom. The van der Waals surface area contributed by atoms with Crippen molar-refractivity contribution in [3.05, 3.63) is 0 Å². The van der Waals surface area contributed by atoms with Crippen LogP contribution in [-0.2, 0) is 16.5 Å². The summed E-state index contributed by atoms with van der Waals surface area (Å²) in [5, 5.41) is 0. The second kappa shape index (κ2) is 21.5. The minimum Gasteiger partial charge on any atom is -1.00 e. The average Bonchev–Trinajstić information content (AvgIpc) is 1.00. The summed E-state index contributed by atoms with van der Waals surface area (Å²) < 4.78 is 0. The fraction of sp³-hybridized carbons (Fsp3) is 1.00. The first kappa shape index (κ1) is 17.1. The van der Waals surface area contributed by atoms with Crippen LogP contribution in [0.2, 0.25) is 5.79 Å². The van der Waals surface area contributed by atoms with Crippen LogP contribution in [0.5, 0.6) is 0 Å². The molecule has 0 N–H and O–H groups in total. The van der Waals surface area contributed by atoms with Gasteiger partial charge < -0.3 is 2.85 Å². The molecule has 0 aromatic rings. The minimum absolute atomic E-state index is 0. The van der Waals surface area contributed by atoms with E-state index in [1.54, 1.807) is 0 Å². The SMILES string of the molecule is [CH3][AlH2].[H-].[H-].[Mg+2].[Ni]. The second-order valence-corrected chi connectivity index (χ2v) is 0. The van der Waals surface area contributed by atoms with Crippen LogP contribution >= 0.6 is 0 Å². The van der Waals surface area contributed by atoms with Crippen LogP contribution in [-0.4, -0.2) is 39.3 Å². The van der Waals surface area contributed by atoms with Gasteiger partial charge in [0, 0.05) is 16.5 Å². The summed E-state index contributed by atoms with van der Waals surface area (Å²) in [6.07, 6.45) is 0. The van der Waals surface area contributed by atoms with Crippen molar-refractivity contribution in [2.45, 2.75) is 5.79 Å². The average molecular weight is 129 g/mol. The number of hydrogen-bond acceptors (Lipinski definition) is 0. The molecule has 0 aromatic carbocycles. The Labute approximate surface area is 64.2 Å². The van der Waals surface area contributed by atoms with E-state index in [1.165, 1.54) is 16.3 Å². The quantitative estimate of drug-likeness (QED) is 0.387. The molecule has 0 unspecified atom stereocenters. The number of hydrogen-bond donors (Lipinski definition) is 0. The number of rotatable bonds is 0. The summed E-state index contributed by atoms with van der Waals surface area (Å²) in [6.45, 7) is 0. The molecule has 0 saturated heterocycles. The van der Waals surface area contributed by atoms with Crippen LogP contribution in [0.15, 0.2) is 0 Å². The molecule has 26 valence electrons. The van der Waals surface area contributed by atoms with Crippen molar-refractivity contribution in [2.75, 3.05) is 0 Å². The normalized spacial score (nSPS) is 1.25. The van der Waals surface area contributed by atoms with E-state index in [2.05, 4.69) is 5.79 Å². The van der Waals surface area contributed by atoms with Crippen molar-refractivity contribution in [1.29, 1.82) is 0 Å². The van der Waals surface area contributed by atoms with Crippen molar-refractivity contribution >= 4 is 39.3 Å². The molecule has 0 spiro atoms. The molecule has 0 aliphatic rings. The molecule has 4 heavy (non-hydrogen) atoms. The van der Waals surface area contributed by atoms with Gasteiger partial charge in [-0.2, -0.15) is 0 Å². The molecule has 0 bridgehead atoms. The molecule has 0 radical (unpaired) electrons. The fourth-order valence-corrected chi connectivity index (χ4v) is 0. The third kappa shape index (κ3) is 9.20. The van der Waals surface area contributed by atoms with Crippen LogP contribution in [0, 0.1) is 0 Å². The van der Waals surface area contributed by atoms with E-state index >= 15 is 0 Å². The van der Waals surface area contributed by atoms with Crippen LogP contribution in [0.1, 0.15) is 2.85 Å². The molecule has 3 heteroatoms. The third-order valence-electron chi connectivity index (χ3n) is 0. The van der Waals surface area contributed by atoms with Gasteiger partial charge in [-0.25, -0.2) is 0 Å². The van der Waals surface area contributed by atoms with Crippen LogP contribution < -0.4 is 0 Å². The van der Waals surface area contributed by atoms with Crippen molar-refractivity contribution in [3.8, 4) is 0 Å². The van der Waals surface area contributed by atoms with Gasteiger partial charge in [0.05, 0.1) is 0 Å². The summed E-state index contributed by atoms with van der Waals surface area (Å²) in [5.41, 5.74) is 0. The first-order valence-corrected chi connectivity index (χ1v) is 3.00. The maximum absolute atomic E-state index is 2.14. The third-order valence-corrected chi connectivity index (χ3v) is 0. The predicted octanol–water partition coefficient (Wildman–Crippen LogP) is -0.491. The van der Waals surface area contributed by atoms with E-state index in [4.69, 9.17) is 0 Å². The molecule has 0 aromatic heterocycles. The van der Waals surface area contributed by atoms with Crippen LogP contribution in [0.4, 0.5) is 0 Å². The Morgan fingerprint density at radius 2 is 1.50 bits per heavy atom. The monoisotopic (exact) mass is 128 g/mol. The van der Waals surface area contributed by atoms with Gasteiger partial charge in [-0.05, 0) is 0 Å². The molecule has 0 aliphatic carbocycles. The van der Waals surface area contributed by atoms with Gasteiger partial charge in [-0.3, -0.25) is 0 Å². The zero-order valence-corrected chi connectivity index (χ0v) is 7.43. The summed E-state index contributed by atoms with van der Waals surface area (Å²) in [4.78, 5) is 0. The smallest absolute Gasteiger partial charge is 1.00 e. The molecule has 0 heterocycles. The summed E-state index contributed by atoms with van der Waals surface area (Å²) in [5.74, 6) is 2.14. The molecular formula is CH7AlMgNi. The maximum atomic E-state index is 2.14. The zero-order chi connectivity index (χ0) is 2.00. The van der Waals surface area contributed by atoms with Gasteiger partial charge in [0.2, 0.25) is 16.3 Å². The Balaban J connectivity index is -0.000000000833. The Hall–Kier alpha value is 1.79. The van der Waals surface area contributed by atoms with E-state index in [-0.39, 0.29) is 42.4 Å². The fourth-order valence-electron chi connectivity index (χ4n) is 0. The molecule has 0 nitrogen and oxygen atoms in total. The molecule has 0 amide bonds. The molecule has 0 rings (SSSR count). The molecule has 0 saturated carbocycles. The van der Waals surface area contributed by atoms with Crippen LogP contribution in [0.25, 0.3) is 0 Å². The molecule has 0 fully saturated rings. The standard InChI is InChI=1S/CH3.Al.Mg.Ni.4H/h1H3;;;;;;;/q;;+2;;;;2*-1. The van der Waals surface area contributed by atoms with E-state index in [1.807, 2.05) is 0 Å². The minimum atomic E-state index is 0. The van der Waals surface area contributed by atoms with Crippen molar-refractivity contribution in [1.82, 2.24) is 0 Å². The Morgan fingerprint density at radius 3 is 1.50 bits per heavy atom. The first-order valence-electron chi connectivity index (χ1n) is 1.00. The summed E-state index contributed by atoms with van der Waals surface area (Å²) in [7, 11) is 0. The van der Waals surface area contributed by atoms with Gasteiger partial charge in [0.15, 0.2) is 0 Å². The molecular weight excluding hydrogens is 122 g/mol. The zero-order valence-electron chi connectivity index (χ0n) is 5.02. The Bertz CT molecular complexity index is 13.5. The predicted molar refractivity (Wildman–Crippen MR) is 22.4 cm³/mol. The van der Waals surface area contributed by atoms with E-state index in [0.29, 0.717) is 0 Å². The topological polar surface area (TPSA) is 0 Å². The molecule has 0 atom stereocenters. The molecule has 0 aliphatic heterocycles. The van der Waals surface area contributed by atoms with E-state index in [9.17, 15) is 0 Å². The van der Waals surface area contributed by atoms with Gasteiger partial charge >= 0.3 is 23.1 Å². The van der Waals surface area contributed by atoms with Gasteiger partial charge in [-0.1, -0.05) is 0 Å². The summed E-state index contributed by atoms with van der Waals surface area (Å²) >= 11 is 1.31. The van der Waals surface area contributed by atoms with E-state index < -0.39 is 0 Å². The van der Waals surface area contributed by atoms with Gasteiger partial charge in [0.1, 0.15) is 0 Å². The van der Waals surface area contributed by atoms with Crippen molar-refractivity contribution < 1.29 is 19.3 Å². The largest absolute Gasteiger partial charge is 2.00 e. The Kier molecular flexibility index (Phi) is 91.5. The van der Waals surface area contributed by atoms with Crippen molar-refractivity contribution in [3.63, 3.8) is 0 Å². The maximum Gasteiger partial charge on any atom is 2.00 e. The van der Waals surface area contributed by atoms with Crippen LogP contribution in [0.3, 0.4) is 0 Å². The van der Waals surface area contributed by atoms with Crippen molar-refractivity contribution in [2.24, 2.45) is 0 Å². The van der Waals surface area contributed by atoms with Gasteiger partial charge in [-0.15, -0.1) is 5.79 Å². The van der Waals surface area contributed by atoms with E-state index in [0.717, 1.165) is 0 Å². The second-order valence-electron chi connectivity index (χ2n) is 0. The summed E-state index contributed by atoms with van der Waals surface area (Å²) in [6, 6.07) is 0. The first-order chi connectivity index (χ1) is 1.00. The van der Waals surface area contributed by atoms with Gasteiger partial charge in [0.25, 0.3) is 0 Å².